The van der Waals surface area contributed by atoms with Crippen LogP contribution in [0.3, 0.4) is 0 Å². The summed E-state index contributed by atoms with van der Waals surface area (Å²) in [6, 6.07) is 8.32. The lowest BCUT2D eigenvalue weighted by Gasteiger charge is -2.33. The van der Waals surface area contributed by atoms with E-state index in [4.69, 9.17) is 0 Å². The third kappa shape index (κ3) is 1.68. The molecule has 1 aliphatic heterocycles. The van der Waals surface area contributed by atoms with Gasteiger partial charge in [0.25, 0.3) is 0 Å². The number of imide groups is 1. The molecule has 1 atom stereocenters. The molecule has 1 aliphatic rings. The number of hydrogen-bond donors (Lipinski definition) is 1. The Morgan fingerprint density at radius 3 is 2.11 bits per heavy atom. The van der Waals surface area contributed by atoms with Crippen molar-refractivity contribution in [3.8, 4) is 0 Å². The molecule has 1 saturated heterocycles. The van der Waals surface area contributed by atoms with Crippen LogP contribution in [0.15, 0.2) is 30.3 Å². The van der Waals surface area contributed by atoms with Crippen LogP contribution in [0.4, 0.5) is 0 Å². The summed E-state index contributed by atoms with van der Waals surface area (Å²) < 4.78 is 0. The summed E-state index contributed by atoms with van der Waals surface area (Å²) in [6.07, 6.45) is 0.156. The first-order valence-electron chi connectivity index (χ1n) is 5.62. The average Bonchev–Trinajstić information content (AvgIpc) is 2.69. The summed E-state index contributed by atoms with van der Waals surface area (Å²) in [4.78, 5) is 35.9. The van der Waals surface area contributed by atoms with Gasteiger partial charge < -0.3 is 5.11 Å². The summed E-state index contributed by atoms with van der Waals surface area (Å²) >= 11 is 0. The zero-order valence-electron chi connectivity index (χ0n) is 9.92. The molecule has 5 heteroatoms. The van der Waals surface area contributed by atoms with E-state index in [0.717, 1.165) is 4.90 Å². The highest BCUT2D eigenvalue weighted by Crippen LogP contribution is 2.33. The van der Waals surface area contributed by atoms with E-state index in [0.29, 0.717) is 5.56 Å². The minimum absolute atomic E-state index is 0.0779. The predicted molar refractivity (Wildman–Crippen MR) is 62.5 cm³/mol. The topological polar surface area (TPSA) is 74.7 Å². The van der Waals surface area contributed by atoms with Gasteiger partial charge in [0.2, 0.25) is 11.8 Å². The maximum atomic E-state index is 11.8. The van der Waals surface area contributed by atoms with Crippen LogP contribution < -0.4 is 0 Å². The number of aliphatic carboxylic acids is 1. The highest BCUT2D eigenvalue weighted by atomic mass is 16.4. The van der Waals surface area contributed by atoms with Gasteiger partial charge in [0.15, 0.2) is 5.54 Å². The summed E-state index contributed by atoms with van der Waals surface area (Å²) in [5, 5.41) is 9.44. The maximum absolute atomic E-state index is 11.8. The van der Waals surface area contributed by atoms with Crippen molar-refractivity contribution < 1.29 is 19.5 Å². The third-order valence-corrected chi connectivity index (χ3v) is 3.25. The molecule has 0 bridgehead atoms. The molecule has 0 spiro atoms. The van der Waals surface area contributed by atoms with Crippen molar-refractivity contribution in [1.29, 1.82) is 0 Å². The van der Waals surface area contributed by atoms with Crippen LogP contribution in [0.2, 0.25) is 0 Å². The van der Waals surface area contributed by atoms with Crippen LogP contribution in [0.1, 0.15) is 25.3 Å². The van der Waals surface area contributed by atoms with E-state index in [1.807, 2.05) is 0 Å². The number of amides is 2. The van der Waals surface area contributed by atoms with Crippen molar-refractivity contribution in [1.82, 2.24) is 4.90 Å². The van der Waals surface area contributed by atoms with Crippen molar-refractivity contribution in [2.45, 2.75) is 25.3 Å². The molecule has 0 aliphatic carbocycles. The zero-order valence-corrected chi connectivity index (χ0v) is 9.92. The van der Waals surface area contributed by atoms with Crippen LogP contribution in [0, 0.1) is 0 Å². The van der Waals surface area contributed by atoms with E-state index in [1.54, 1.807) is 30.3 Å². The van der Waals surface area contributed by atoms with Gasteiger partial charge in [0.1, 0.15) is 0 Å². The Labute approximate surface area is 104 Å². The Bertz CT molecular complexity index is 495. The Morgan fingerprint density at radius 2 is 1.67 bits per heavy atom. The maximum Gasteiger partial charge on any atom is 0.334 e. The smallest absolute Gasteiger partial charge is 0.334 e. The van der Waals surface area contributed by atoms with Gasteiger partial charge in [0, 0.05) is 12.8 Å². The molecule has 1 aromatic rings. The van der Waals surface area contributed by atoms with Crippen LogP contribution >= 0.6 is 0 Å². The monoisotopic (exact) mass is 247 g/mol. The fraction of sp³-hybridized carbons (Fsp3) is 0.308. The highest BCUT2D eigenvalue weighted by molar-refractivity contribution is 6.06. The standard InChI is InChI=1S/C13H13NO4/c1-13(12(17)18,9-5-3-2-4-6-9)14-10(15)7-8-11(14)16/h2-6H,7-8H2,1H3,(H,17,18). The molecule has 2 rings (SSSR count). The van der Waals surface area contributed by atoms with Gasteiger partial charge in [-0.25, -0.2) is 4.79 Å². The van der Waals surface area contributed by atoms with E-state index >= 15 is 0 Å². The minimum Gasteiger partial charge on any atom is -0.479 e. The fourth-order valence-electron chi connectivity index (χ4n) is 2.19. The molecule has 0 aromatic heterocycles. The number of carboxylic acids is 1. The molecule has 1 unspecified atom stereocenters. The van der Waals surface area contributed by atoms with Gasteiger partial charge in [-0.1, -0.05) is 30.3 Å². The lowest BCUT2D eigenvalue weighted by atomic mass is 9.90. The molecule has 94 valence electrons. The second-order valence-corrected chi connectivity index (χ2v) is 4.37. The minimum atomic E-state index is -1.63. The molecule has 18 heavy (non-hydrogen) atoms. The van der Waals surface area contributed by atoms with Gasteiger partial charge >= 0.3 is 5.97 Å². The Kier molecular flexibility index (Phi) is 2.90. The molecule has 0 saturated carbocycles. The van der Waals surface area contributed by atoms with E-state index in [2.05, 4.69) is 0 Å². The summed E-state index contributed by atoms with van der Waals surface area (Å²) in [5.74, 6) is -2.08. The van der Waals surface area contributed by atoms with E-state index in [1.165, 1.54) is 6.92 Å². The predicted octanol–water partition coefficient (Wildman–Crippen LogP) is 1.14. The van der Waals surface area contributed by atoms with Crippen molar-refractivity contribution >= 4 is 17.8 Å². The number of benzene rings is 1. The summed E-state index contributed by atoms with van der Waals surface area (Å²) in [5.41, 5.74) is -1.22. The molecule has 5 nitrogen and oxygen atoms in total. The van der Waals surface area contributed by atoms with Crippen LogP contribution in [0.25, 0.3) is 0 Å². The summed E-state index contributed by atoms with van der Waals surface area (Å²) in [7, 11) is 0. The quantitative estimate of drug-likeness (QED) is 0.812. The molecule has 1 aromatic carbocycles. The molecule has 0 radical (unpaired) electrons. The van der Waals surface area contributed by atoms with Crippen molar-refractivity contribution in [2.75, 3.05) is 0 Å². The lowest BCUT2D eigenvalue weighted by Crippen LogP contribution is -2.52. The highest BCUT2D eigenvalue weighted by Gasteiger charge is 2.49. The molecular weight excluding hydrogens is 234 g/mol. The van der Waals surface area contributed by atoms with Crippen molar-refractivity contribution in [2.24, 2.45) is 0 Å². The number of hydrogen-bond acceptors (Lipinski definition) is 3. The second-order valence-electron chi connectivity index (χ2n) is 4.37. The zero-order chi connectivity index (χ0) is 13.3. The van der Waals surface area contributed by atoms with Gasteiger partial charge in [-0.15, -0.1) is 0 Å². The average molecular weight is 247 g/mol. The Morgan fingerprint density at radius 1 is 1.17 bits per heavy atom. The number of likely N-dealkylation sites (tertiary alicyclic amines) is 1. The number of rotatable bonds is 3. The van der Waals surface area contributed by atoms with E-state index < -0.39 is 23.3 Å². The van der Waals surface area contributed by atoms with Gasteiger partial charge in [-0.05, 0) is 12.5 Å². The largest absolute Gasteiger partial charge is 0.479 e. The van der Waals surface area contributed by atoms with Gasteiger partial charge in [0.05, 0.1) is 0 Å². The Balaban J connectivity index is 2.55. The first-order chi connectivity index (χ1) is 8.48. The first-order valence-corrected chi connectivity index (χ1v) is 5.62. The van der Waals surface area contributed by atoms with Crippen molar-refractivity contribution in [3.63, 3.8) is 0 Å². The number of nitrogens with zero attached hydrogens (tertiary/aromatic N) is 1. The summed E-state index contributed by atoms with van der Waals surface area (Å²) in [6.45, 7) is 1.38. The lowest BCUT2D eigenvalue weighted by molar-refractivity contribution is -0.162. The molecule has 1 heterocycles. The fourth-order valence-corrected chi connectivity index (χ4v) is 2.19. The first kappa shape index (κ1) is 12.3. The SMILES string of the molecule is CC(C(=O)O)(c1ccccc1)N1C(=O)CCC1=O. The van der Waals surface area contributed by atoms with Crippen LogP contribution in [-0.4, -0.2) is 27.8 Å². The van der Waals surface area contributed by atoms with Crippen LogP contribution in [0.5, 0.6) is 0 Å². The Hall–Kier alpha value is -2.17. The van der Waals surface area contributed by atoms with Gasteiger partial charge in [-0.3, -0.25) is 14.5 Å². The van der Waals surface area contributed by atoms with Crippen molar-refractivity contribution in [3.05, 3.63) is 35.9 Å². The molecule has 1 fully saturated rings. The van der Waals surface area contributed by atoms with Gasteiger partial charge in [-0.2, -0.15) is 0 Å². The number of carboxylic acid groups (broad SMARTS) is 1. The number of carbonyl (C=O) groups excluding carboxylic acids is 2. The molecular formula is C13H13NO4. The second kappa shape index (κ2) is 4.25. The third-order valence-electron chi connectivity index (χ3n) is 3.25. The van der Waals surface area contributed by atoms with E-state index in [9.17, 15) is 19.5 Å². The normalized spacial score (nSPS) is 18.8. The van der Waals surface area contributed by atoms with Crippen LogP contribution in [-0.2, 0) is 19.9 Å². The van der Waals surface area contributed by atoms with E-state index in [-0.39, 0.29) is 12.8 Å². The molecule has 2 amide bonds. The number of carbonyl (C=O) groups is 3. The molecule has 1 N–H and O–H groups in total.